The molecule has 0 bridgehead atoms. The molecule has 1 saturated carbocycles. The Labute approximate surface area is 116 Å². The van der Waals surface area contributed by atoms with Crippen molar-refractivity contribution in [2.45, 2.75) is 51.7 Å². The summed E-state index contributed by atoms with van der Waals surface area (Å²) in [5.74, 6) is 1.71. The first-order valence-electron chi connectivity index (χ1n) is 7.27. The molecule has 2 unspecified atom stereocenters. The summed E-state index contributed by atoms with van der Waals surface area (Å²) in [6.45, 7) is 5.26. The topological polar surface area (TPSA) is 30.5 Å². The van der Waals surface area contributed by atoms with Gasteiger partial charge in [-0.05, 0) is 56.8 Å². The van der Waals surface area contributed by atoms with Crippen molar-refractivity contribution in [2.24, 2.45) is 0 Å². The lowest BCUT2D eigenvalue weighted by Gasteiger charge is -2.30. The monoisotopic (exact) mass is 263 g/mol. The number of nitrogens with one attached hydrogen (secondary N) is 1. The van der Waals surface area contributed by atoms with E-state index in [4.69, 9.17) is 9.47 Å². The Bertz CT molecular complexity index is 404. The fourth-order valence-corrected chi connectivity index (χ4v) is 2.78. The van der Waals surface area contributed by atoms with Crippen LogP contribution in [-0.2, 0) is 0 Å². The van der Waals surface area contributed by atoms with Gasteiger partial charge in [0.05, 0.1) is 7.11 Å². The number of aryl methyl sites for hydroxylation is 1. The zero-order valence-corrected chi connectivity index (χ0v) is 12.2. The van der Waals surface area contributed by atoms with Gasteiger partial charge in [-0.1, -0.05) is 13.0 Å². The Balaban J connectivity index is 2.00. The first-order valence-corrected chi connectivity index (χ1v) is 7.27. The average Bonchev–Trinajstić information content (AvgIpc) is 2.41. The van der Waals surface area contributed by atoms with Crippen molar-refractivity contribution in [3.05, 3.63) is 23.8 Å². The zero-order chi connectivity index (χ0) is 13.7. The molecule has 3 nitrogen and oxygen atoms in total. The lowest BCUT2D eigenvalue weighted by atomic mass is 9.93. The van der Waals surface area contributed by atoms with Crippen molar-refractivity contribution in [2.75, 3.05) is 13.7 Å². The van der Waals surface area contributed by atoms with Crippen LogP contribution in [0.4, 0.5) is 0 Å². The van der Waals surface area contributed by atoms with Gasteiger partial charge in [0, 0.05) is 6.04 Å². The summed E-state index contributed by atoms with van der Waals surface area (Å²) < 4.78 is 11.5. The summed E-state index contributed by atoms with van der Waals surface area (Å²) in [6, 6.07) is 6.72. The first-order chi connectivity index (χ1) is 9.22. The standard InChI is InChI=1S/C16H25NO2/c1-4-17-13-6-5-7-14(11-13)19-15-9-8-12(2)10-16(15)18-3/h8-10,13-14,17H,4-7,11H2,1-3H3. The second-order valence-electron chi connectivity index (χ2n) is 5.32. The van der Waals surface area contributed by atoms with E-state index in [0.717, 1.165) is 30.9 Å². The summed E-state index contributed by atoms with van der Waals surface area (Å²) >= 11 is 0. The summed E-state index contributed by atoms with van der Waals surface area (Å²) in [4.78, 5) is 0. The molecule has 3 heteroatoms. The second kappa shape index (κ2) is 6.80. The highest BCUT2D eigenvalue weighted by Crippen LogP contribution is 2.31. The van der Waals surface area contributed by atoms with E-state index in [2.05, 4.69) is 25.2 Å². The van der Waals surface area contributed by atoms with Crippen LogP contribution in [0.15, 0.2) is 18.2 Å². The molecule has 1 aromatic carbocycles. The minimum absolute atomic E-state index is 0.300. The molecule has 1 aromatic rings. The van der Waals surface area contributed by atoms with Crippen molar-refractivity contribution < 1.29 is 9.47 Å². The molecule has 0 amide bonds. The Morgan fingerprint density at radius 2 is 2.11 bits per heavy atom. The fourth-order valence-electron chi connectivity index (χ4n) is 2.78. The van der Waals surface area contributed by atoms with Gasteiger partial charge in [-0.3, -0.25) is 0 Å². The smallest absolute Gasteiger partial charge is 0.161 e. The Morgan fingerprint density at radius 1 is 1.26 bits per heavy atom. The number of hydrogen-bond acceptors (Lipinski definition) is 3. The van der Waals surface area contributed by atoms with Gasteiger partial charge in [0.15, 0.2) is 11.5 Å². The largest absolute Gasteiger partial charge is 0.493 e. The number of hydrogen-bond donors (Lipinski definition) is 1. The van der Waals surface area contributed by atoms with Gasteiger partial charge in [-0.15, -0.1) is 0 Å². The van der Waals surface area contributed by atoms with Gasteiger partial charge < -0.3 is 14.8 Å². The van der Waals surface area contributed by atoms with Gasteiger partial charge in [0.25, 0.3) is 0 Å². The quantitative estimate of drug-likeness (QED) is 0.884. The molecule has 2 atom stereocenters. The van der Waals surface area contributed by atoms with Crippen LogP contribution in [0, 0.1) is 6.92 Å². The Kier molecular flexibility index (Phi) is 5.08. The third kappa shape index (κ3) is 3.87. The van der Waals surface area contributed by atoms with Gasteiger partial charge in [-0.25, -0.2) is 0 Å². The van der Waals surface area contributed by atoms with Gasteiger partial charge in [-0.2, -0.15) is 0 Å². The first kappa shape index (κ1) is 14.2. The highest BCUT2D eigenvalue weighted by molar-refractivity contribution is 5.42. The highest BCUT2D eigenvalue weighted by atomic mass is 16.5. The van der Waals surface area contributed by atoms with Crippen LogP contribution >= 0.6 is 0 Å². The van der Waals surface area contributed by atoms with Crippen molar-refractivity contribution in [3.63, 3.8) is 0 Å². The molecule has 1 aliphatic carbocycles. The van der Waals surface area contributed by atoms with Crippen LogP contribution in [0.2, 0.25) is 0 Å². The molecule has 0 saturated heterocycles. The molecule has 0 heterocycles. The Hall–Kier alpha value is -1.22. The highest BCUT2D eigenvalue weighted by Gasteiger charge is 2.23. The van der Waals surface area contributed by atoms with E-state index in [1.165, 1.54) is 18.4 Å². The summed E-state index contributed by atoms with van der Waals surface area (Å²) in [5, 5.41) is 3.53. The molecule has 0 spiro atoms. The van der Waals surface area contributed by atoms with E-state index in [1.54, 1.807) is 7.11 Å². The molecular weight excluding hydrogens is 238 g/mol. The van der Waals surface area contributed by atoms with Crippen LogP contribution in [0.25, 0.3) is 0 Å². The van der Waals surface area contributed by atoms with E-state index in [1.807, 2.05) is 12.1 Å². The van der Waals surface area contributed by atoms with Crippen LogP contribution in [-0.4, -0.2) is 25.8 Å². The van der Waals surface area contributed by atoms with Crippen molar-refractivity contribution in [1.29, 1.82) is 0 Å². The van der Waals surface area contributed by atoms with E-state index in [0.29, 0.717) is 12.1 Å². The summed E-state index contributed by atoms with van der Waals surface area (Å²) in [7, 11) is 1.70. The zero-order valence-electron chi connectivity index (χ0n) is 12.2. The van der Waals surface area contributed by atoms with Gasteiger partial charge in [0.1, 0.15) is 6.10 Å². The van der Waals surface area contributed by atoms with Gasteiger partial charge >= 0.3 is 0 Å². The molecule has 1 aliphatic rings. The second-order valence-corrected chi connectivity index (χ2v) is 5.32. The van der Waals surface area contributed by atoms with Crippen LogP contribution in [0.1, 0.15) is 38.2 Å². The van der Waals surface area contributed by atoms with Crippen LogP contribution in [0.3, 0.4) is 0 Å². The molecule has 0 radical (unpaired) electrons. The third-order valence-electron chi connectivity index (χ3n) is 3.73. The van der Waals surface area contributed by atoms with E-state index in [-0.39, 0.29) is 0 Å². The molecule has 2 rings (SSSR count). The van der Waals surface area contributed by atoms with E-state index >= 15 is 0 Å². The average molecular weight is 263 g/mol. The van der Waals surface area contributed by atoms with E-state index in [9.17, 15) is 0 Å². The maximum Gasteiger partial charge on any atom is 0.161 e. The fraction of sp³-hybridized carbons (Fsp3) is 0.625. The summed E-state index contributed by atoms with van der Waals surface area (Å²) in [6.07, 6.45) is 5.02. The van der Waals surface area contributed by atoms with Crippen LogP contribution in [0.5, 0.6) is 11.5 Å². The van der Waals surface area contributed by atoms with Gasteiger partial charge in [0.2, 0.25) is 0 Å². The van der Waals surface area contributed by atoms with Crippen molar-refractivity contribution in [3.8, 4) is 11.5 Å². The minimum Gasteiger partial charge on any atom is -0.493 e. The van der Waals surface area contributed by atoms with Crippen LogP contribution < -0.4 is 14.8 Å². The lowest BCUT2D eigenvalue weighted by Crippen LogP contribution is -2.37. The molecule has 0 aromatic heterocycles. The van der Waals surface area contributed by atoms with Crippen molar-refractivity contribution >= 4 is 0 Å². The maximum absolute atomic E-state index is 6.14. The Morgan fingerprint density at radius 3 is 2.84 bits per heavy atom. The number of ether oxygens (including phenoxy) is 2. The molecule has 19 heavy (non-hydrogen) atoms. The minimum atomic E-state index is 0.300. The van der Waals surface area contributed by atoms with Crippen molar-refractivity contribution in [1.82, 2.24) is 5.32 Å². The SMILES string of the molecule is CCNC1CCCC(Oc2ccc(C)cc2OC)C1. The normalized spacial score (nSPS) is 23.1. The number of benzene rings is 1. The summed E-state index contributed by atoms with van der Waals surface area (Å²) in [5.41, 5.74) is 1.19. The predicted octanol–water partition coefficient (Wildman–Crippen LogP) is 3.30. The number of rotatable bonds is 5. The molecule has 1 fully saturated rings. The predicted molar refractivity (Wildman–Crippen MR) is 78.1 cm³/mol. The molecule has 1 N–H and O–H groups in total. The maximum atomic E-state index is 6.14. The molecule has 106 valence electrons. The molecule has 0 aliphatic heterocycles. The molecular formula is C16H25NO2. The lowest BCUT2D eigenvalue weighted by molar-refractivity contribution is 0.131. The van der Waals surface area contributed by atoms with E-state index < -0.39 is 0 Å². The number of methoxy groups -OCH3 is 1. The third-order valence-corrected chi connectivity index (χ3v) is 3.73.